The molecule has 0 aromatic heterocycles. The monoisotopic (exact) mass is 240 g/mol. The first kappa shape index (κ1) is 16.2. The topological polar surface area (TPSA) is 37.3 Å². The summed E-state index contributed by atoms with van der Waals surface area (Å²) in [6.07, 6.45) is 16.9. The molecule has 0 aliphatic rings. The summed E-state index contributed by atoms with van der Waals surface area (Å²) in [6, 6.07) is 0. The van der Waals surface area contributed by atoms with Crippen molar-refractivity contribution in [3.05, 3.63) is 12.2 Å². The Bertz CT molecular complexity index is 197. The Morgan fingerprint density at radius 2 is 1.41 bits per heavy atom. The lowest BCUT2D eigenvalue weighted by molar-refractivity contribution is -0.137. The molecule has 0 bridgehead atoms. The third-order valence-corrected chi connectivity index (χ3v) is 2.90. The van der Waals surface area contributed by atoms with Crippen molar-refractivity contribution >= 4 is 5.97 Å². The maximum absolute atomic E-state index is 10.3. The van der Waals surface area contributed by atoms with Gasteiger partial charge in [0, 0.05) is 6.42 Å². The maximum Gasteiger partial charge on any atom is 0.303 e. The van der Waals surface area contributed by atoms with Gasteiger partial charge in [-0.2, -0.15) is 0 Å². The molecule has 0 rings (SSSR count). The lowest BCUT2D eigenvalue weighted by atomic mass is 10.1. The number of carbonyl (C=O) groups is 1. The zero-order valence-corrected chi connectivity index (χ0v) is 11.3. The second-order valence-corrected chi connectivity index (χ2v) is 4.67. The van der Waals surface area contributed by atoms with Crippen LogP contribution in [-0.4, -0.2) is 11.1 Å². The fraction of sp³-hybridized carbons (Fsp3) is 0.800. The summed E-state index contributed by atoms with van der Waals surface area (Å²) in [5.74, 6) is -0.689. The molecular formula is C15H28O2. The summed E-state index contributed by atoms with van der Waals surface area (Å²) in [6.45, 7) is 2.25. The Kier molecular flexibility index (Phi) is 12.7. The van der Waals surface area contributed by atoms with Crippen LogP contribution in [-0.2, 0) is 4.79 Å². The van der Waals surface area contributed by atoms with E-state index in [2.05, 4.69) is 19.1 Å². The normalized spacial score (nSPS) is 11.1. The molecule has 0 saturated heterocycles. The third-order valence-electron chi connectivity index (χ3n) is 2.90. The second-order valence-electron chi connectivity index (χ2n) is 4.67. The van der Waals surface area contributed by atoms with Gasteiger partial charge in [-0.25, -0.2) is 0 Å². The summed E-state index contributed by atoms with van der Waals surface area (Å²) >= 11 is 0. The summed E-state index contributed by atoms with van der Waals surface area (Å²) in [4.78, 5) is 10.3. The predicted molar refractivity (Wildman–Crippen MR) is 73.2 cm³/mol. The highest BCUT2D eigenvalue weighted by Crippen LogP contribution is 2.08. The molecule has 0 aromatic rings. The summed E-state index contributed by atoms with van der Waals surface area (Å²) in [5.41, 5.74) is 0. The van der Waals surface area contributed by atoms with Crippen LogP contribution < -0.4 is 0 Å². The van der Waals surface area contributed by atoms with Gasteiger partial charge in [-0.1, -0.05) is 57.6 Å². The van der Waals surface area contributed by atoms with Gasteiger partial charge in [-0.15, -0.1) is 0 Å². The highest BCUT2D eigenvalue weighted by molar-refractivity contribution is 5.66. The van der Waals surface area contributed by atoms with Crippen molar-refractivity contribution in [2.75, 3.05) is 0 Å². The van der Waals surface area contributed by atoms with Crippen molar-refractivity contribution < 1.29 is 9.90 Å². The fourth-order valence-corrected chi connectivity index (χ4v) is 1.83. The van der Waals surface area contributed by atoms with E-state index in [0.29, 0.717) is 6.42 Å². The van der Waals surface area contributed by atoms with E-state index < -0.39 is 5.97 Å². The SMILES string of the molecule is CCCCCCCCC/C=C/CCCC(=O)O. The molecule has 17 heavy (non-hydrogen) atoms. The minimum Gasteiger partial charge on any atom is -0.481 e. The highest BCUT2D eigenvalue weighted by atomic mass is 16.4. The molecule has 0 aliphatic carbocycles. The van der Waals surface area contributed by atoms with E-state index in [-0.39, 0.29) is 0 Å². The van der Waals surface area contributed by atoms with Crippen molar-refractivity contribution in [1.29, 1.82) is 0 Å². The predicted octanol–water partition coefficient (Wildman–Crippen LogP) is 4.94. The van der Waals surface area contributed by atoms with Gasteiger partial charge in [-0.3, -0.25) is 4.79 Å². The summed E-state index contributed by atoms with van der Waals surface area (Å²) < 4.78 is 0. The molecule has 0 heterocycles. The first-order chi connectivity index (χ1) is 8.27. The standard InChI is InChI=1S/C15H28O2/c1-2-3-4-5-6-7-8-9-10-11-12-13-14-15(16)17/h10-11H,2-9,12-14H2,1H3,(H,16,17)/b11-10+. The largest absolute Gasteiger partial charge is 0.481 e. The van der Waals surface area contributed by atoms with Gasteiger partial charge in [0.1, 0.15) is 0 Å². The maximum atomic E-state index is 10.3. The molecule has 0 aromatic carbocycles. The zero-order valence-electron chi connectivity index (χ0n) is 11.3. The second kappa shape index (κ2) is 13.3. The molecule has 2 nitrogen and oxygen atoms in total. The number of hydrogen-bond donors (Lipinski definition) is 1. The van der Waals surface area contributed by atoms with Crippen LogP contribution in [0, 0.1) is 0 Å². The van der Waals surface area contributed by atoms with Crippen LogP contribution in [0.3, 0.4) is 0 Å². The van der Waals surface area contributed by atoms with Crippen LogP contribution in [0.1, 0.15) is 77.6 Å². The summed E-state index contributed by atoms with van der Waals surface area (Å²) in [7, 11) is 0. The average Bonchev–Trinajstić information content (AvgIpc) is 2.30. The van der Waals surface area contributed by atoms with Crippen LogP contribution in [0.4, 0.5) is 0 Å². The van der Waals surface area contributed by atoms with E-state index in [0.717, 1.165) is 19.3 Å². The van der Waals surface area contributed by atoms with Crippen molar-refractivity contribution in [3.63, 3.8) is 0 Å². The van der Waals surface area contributed by atoms with Crippen LogP contribution in [0.2, 0.25) is 0 Å². The first-order valence-electron chi connectivity index (χ1n) is 7.14. The Morgan fingerprint density at radius 1 is 0.882 bits per heavy atom. The molecule has 0 amide bonds. The van der Waals surface area contributed by atoms with Crippen molar-refractivity contribution in [2.24, 2.45) is 0 Å². The molecule has 0 spiro atoms. The Balaban J connectivity index is 3.06. The molecular weight excluding hydrogens is 212 g/mol. The third kappa shape index (κ3) is 15.2. The minimum absolute atomic E-state index is 0.293. The molecule has 0 radical (unpaired) electrons. The van der Waals surface area contributed by atoms with Gasteiger partial charge in [-0.05, 0) is 25.7 Å². The number of carboxylic acid groups (broad SMARTS) is 1. The lowest BCUT2D eigenvalue weighted by Gasteiger charge is -1.98. The molecule has 0 unspecified atom stereocenters. The van der Waals surface area contributed by atoms with Gasteiger partial charge in [0.2, 0.25) is 0 Å². The molecule has 0 atom stereocenters. The van der Waals surface area contributed by atoms with Gasteiger partial charge < -0.3 is 5.11 Å². The minimum atomic E-state index is -0.689. The van der Waals surface area contributed by atoms with E-state index in [9.17, 15) is 4.79 Å². The fourth-order valence-electron chi connectivity index (χ4n) is 1.83. The lowest BCUT2D eigenvalue weighted by Crippen LogP contribution is -1.92. The van der Waals surface area contributed by atoms with Crippen LogP contribution in [0.5, 0.6) is 0 Å². The average molecular weight is 240 g/mol. The number of unbranched alkanes of at least 4 members (excludes halogenated alkanes) is 8. The van der Waals surface area contributed by atoms with E-state index in [1.54, 1.807) is 0 Å². The zero-order chi connectivity index (χ0) is 12.8. The molecule has 2 heteroatoms. The molecule has 1 N–H and O–H groups in total. The smallest absolute Gasteiger partial charge is 0.303 e. The quantitative estimate of drug-likeness (QED) is 0.387. The van der Waals surface area contributed by atoms with Crippen LogP contribution in [0.15, 0.2) is 12.2 Å². The van der Waals surface area contributed by atoms with Crippen molar-refractivity contribution in [1.82, 2.24) is 0 Å². The van der Waals surface area contributed by atoms with E-state index in [1.165, 1.54) is 44.9 Å². The van der Waals surface area contributed by atoms with Gasteiger partial charge >= 0.3 is 5.97 Å². The molecule has 0 fully saturated rings. The summed E-state index contributed by atoms with van der Waals surface area (Å²) in [5, 5.41) is 8.45. The number of carboxylic acids is 1. The Labute approximate surface area is 106 Å². The molecule has 0 saturated carbocycles. The highest BCUT2D eigenvalue weighted by Gasteiger charge is 1.93. The number of allylic oxidation sites excluding steroid dienone is 2. The van der Waals surface area contributed by atoms with Crippen molar-refractivity contribution in [2.45, 2.75) is 77.6 Å². The Hall–Kier alpha value is -0.790. The molecule has 0 aliphatic heterocycles. The van der Waals surface area contributed by atoms with Crippen LogP contribution in [0.25, 0.3) is 0 Å². The number of rotatable bonds is 12. The van der Waals surface area contributed by atoms with E-state index in [1.807, 2.05) is 0 Å². The van der Waals surface area contributed by atoms with Crippen LogP contribution >= 0.6 is 0 Å². The van der Waals surface area contributed by atoms with E-state index in [4.69, 9.17) is 5.11 Å². The Morgan fingerprint density at radius 3 is 2.00 bits per heavy atom. The van der Waals surface area contributed by atoms with Crippen molar-refractivity contribution in [3.8, 4) is 0 Å². The van der Waals surface area contributed by atoms with Gasteiger partial charge in [0.15, 0.2) is 0 Å². The first-order valence-corrected chi connectivity index (χ1v) is 7.14. The number of aliphatic carboxylic acids is 1. The molecule has 100 valence electrons. The van der Waals surface area contributed by atoms with Gasteiger partial charge in [0.25, 0.3) is 0 Å². The number of hydrogen-bond acceptors (Lipinski definition) is 1. The van der Waals surface area contributed by atoms with Gasteiger partial charge in [0.05, 0.1) is 0 Å². The van der Waals surface area contributed by atoms with E-state index >= 15 is 0 Å².